The Labute approximate surface area is 676 Å². The molecule has 6 heterocycles. The number of carbonyl (C=O) groups excluding carboxylic acids is 6. The number of rotatable bonds is 28. The molecule has 4 saturated carbocycles. The highest BCUT2D eigenvalue weighted by Crippen LogP contribution is 2.51. The molecule has 5 aromatic rings. The van der Waals surface area contributed by atoms with Crippen LogP contribution in [0, 0.1) is 44.4 Å². The van der Waals surface area contributed by atoms with Gasteiger partial charge in [-0.1, -0.05) is 111 Å². The molecular weight excluding hydrogens is 1530 g/mol. The molecule has 13 rings (SSSR count). The average Bonchev–Trinajstić information content (AvgIpc) is 1.64. The van der Waals surface area contributed by atoms with E-state index in [9.17, 15) is 63.9 Å². The number of nitrogens with two attached hydrogens (primary N) is 1. The van der Waals surface area contributed by atoms with Crippen molar-refractivity contribution in [3.8, 4) is 11.5 Å². The van der Waals surface area contributed by atoms with Gasteiger partial charge in [0.15, 0.2) is 0 Å². The lowest BCUT2D eigenvalue weighted by Crippen LogP contribution is -2.57. The van der Waals surface area contributed by atoms with Crippen LogP contribution in [0.1, 0.15) is 204 Å². The Bertz CT molecular complexity index is 4960. The summed E-state index contributed by atoms with van der Waals surface area (Å²) in [5.41, 5.74) is 7.38. The second-order valence-electron chi connectivity index (χ2n) is 34.2. The molecular formula is C86H114N8O18S3. The summed E-state index contributed by atoms with van der Waals surface area (Å²) in [4.78, 5) is 105. The number of para-hydroxylation sites is 2. The van der Waals surface area contributed by atoms with E-state index >= 15 is 0 Å². The number of aromatic nitrogens is 2. The molecule has 3 aromatic carbocycles. The van der Waals surface area contributed by atoms with Gasteiger partial charge in [-0.3, -0.25) is 42.8 Å². The zero-order valence-corrected chi connectivity index (χ0v) is 70.2. The van der Waals surface area contributed by atoms with Gasteiger partial charge in [0.05, 0.1) is 56.3 Å². The van der Waals surface area contributed by atoms with Crippen molar-refractivity contribution >= 4 is 93.4 Å². The van der Waals surface area contributed by atoms with Crippen LogP contribution in [-0.4, -0.2) is 159 Å². The van der Waals surface area contributed by atoms with Crippen LogP contribution in [0.2, 0.25) is 0 Å². The second kappa shape index (κ2) is 34.7. The summed E-state index contributed by atoms with van der Waals surface area (Å²) in [5, 5.41) is 15.1. The number of likely N-dealkylation sites (tertiary alicyclic amines) is 2. The minimum Gasteiger partial charge on any atom is -0.483 e. The zero-order chi connectivity index (χ0) is 84.2. The number of hydrogen-bond donors (Lipinski definition) is 6. The van der Waals surface area contributed by atoms with Crippen LogP contribution in [0.3, 0.4) is 0 Å². The molecule has 0 radical (unpaired) electrons. The number of amides is 5. The van der Waals surface area contributed by atoms with Crippen LogP contribution in [-0.2, 0) is 81.3 Å². The average molecular weight is 1640 g/mol. The number of carbonyl (C=O) groups is 7. The highest BCUT2D eigenvalue weighted by atomic mass is 32.2. The molecule has 115 heavy (non-hydrogen) atoms. The van der Waals surface area contributed by atoms with Crippen molar-refractivity contribution in [2.24, 2.45) is 29.4 Å². The molecule has 7 N–H and O–H groups in total. The molecule has 6 fully saturated rings. The molecule has 29 heteroatoms. The minimum absolute atomic E-state index is 0.0666. The standard InChI is InChI=1S/C37H48N4O6S.C32H42N2O6.C10H16N2O3S.C7H8O3S/c1-6-8-9-10-11-14-24(3)33(43)41-23-36(18-17-28-27-15-12-13-16-29(27)38-25(4)31(28)47-36)22-30(41)32(42)39-37(21-26(37)7-2)34(44)40-48(45,46)35(5)19-20-35;1-6-7-8-9-10-13-22(18-27(35)39-31(3,4)5)29(36)34-20-32(19-26(34)30(37)38)17-16-24-23-14-11-12-15-25(23)33-21(2)28(24)40-32;1-3-7-6-10(7,11)8(13)12-16(14,15)9(2)4-5-9;1-6-2-4-7(5-3-6)11(8,9)10/h6-7,12-13,15-16,24,26,30H,1-2,8-11,14,17-23H2,3-5H3,(H,39,42)(H,40,44);6,11-12,14-15,22,26H,1,7-10,13,16-20H2,2-5H3,(H,37,38);3,7H,1,4-6,11H2,2H3,(H,12,13);2-5H,1H3,(H,8,9,10)/t24-,26+,30-,36+,37+;22-,26+,32-;7-,10-;/m011./s1. The summed E-state index contributed by atoms with van der Waals surface area (Å²) in [7, 11) is -11.5. The van der Waals surface area contributed by atoms with Crippen LogP contribution >= 0.6 is 0 Å². The maximum absolute atomic E-state index is 14.3. The van der Waals surface area contributed by atoms with E-state index in [-0.39, 0.29) is 67.3 Å². The SMILES string of the molecule is C=CCCCCC[C@H](C)C(=O)N1C[C@@]2(CCc3c(c(C)nc4ccccc34)O2)C[C@H]1C(=O)N[C@]1(C(=O)NS(=O)(=O)C2(C)CC2)C[C@H]1C=C.C=CCCCCC[C@H](CC(=O)OC(C)(C)C)C(=O)N1C[C@@]2(CCc3c(c(C)nc4ccccc34)O2)C[C@H]1C(=O)O.C=C[C@@H]1C[C@]1(N)C(=O)NS(=O)(=O)C1(C)CC1.Cc1ccc(S(=O)(=O)O)cc1. The molecule has 2 saturated heterocycles. The number of hydrogen-bond acceptors (Lipinski definition) is 19. The Hall–Kier alpha value is -8.90. The highest BCUT2D eigenvalue weighted by Gasteiger charge is 2.64. The van der Waals surface area contributed by atoms with Crippen molar-refractivity contribution in [3.05, 3.63) is 151 Å². The number of pyridine rings is 2. The van der Waals surface area contributed by atoms with Crippen LogP contribution in [0.15, 0.2) is 128 Å². The molecule has 0 bridgehead atoms. The predicted octanol–water partition coefficient (Wildman–Crippen LogP) is 11.9. The molecule has 2 aromatic heterocycles. The number of sulfonamides is 2. The molecule has 10 atom stereocenters. The van der Waals surface area contributed by atoms with Crippen molar-refractivity contribution in [1.29, 1.82) is 0 Å². The van der Waals surface area contributed by atoms with Gasteiger partial charge in [-0.2, -0.15) is 8.42 Å². The maximum Gasteiger partial charge on any atom is 0.326 e. The summed E-state index contributed by atoms with van der Waals surface area (Å²) in [5.74, 6) is -3.94. The summed E-state index contributed by atoms with van der Waals surface area (Å²) >= 11 is 0. The van der Waals surface area contributed by atoms with Gasteiger partial charge >= 0.3 is 11.9 Å². The van der Waals surface area contributed by atoms with E-state index in [1.807, 2.05) is 88.4 Å². The summed E-state index contributed by atoms with van der Waals surface area (Å²) in [6.07, 6.45) is 21.2. The Morgan fingerprint density at radius 2 is 1.10 bits per heavy atom. The van der Waals surface area contributed by atoms with E-state index in [1.165, 1.54) is 17.0 Å². The Morgan fingerprint density at radius 3 is 1.54 bits per heavy atom. The third-order valence-corrected chi connectivity index (χ3v) is 29.1. The number of nitrogens with zero attached hydrogens (tertiary/aromatic N) is 4. The third kappa shape index (κ3) is 20.2. The first-order valence-electron chi connectivity index (χ1n) is 39.9. The lowest BCUT2D eigenvalue weighted by molar-refractivity contribution is -0.159. The zero-order valence-electron chi connectivity index (χ0n) is 67.7. The first-order valence-corrected chi connectivity index (χ1v) is 44.3. The molecule has 26 nitrogen and oxygen atoms in total. The van der Waals surface area contributed by atoms with E-state index in [4.69, 9.17) is 34.5 Å². The number of fused-ring (bicyclic) bond motifs is 6. The van der Waals surface area contributed by atoms with Gasteiger partial charge in [0.25, 0.3) is 21.9 Å². The number of allylic oxidation sites excluding steroid dienone is 2. The van der Waals surface area contributed by atoms with Crippen molar-refractivity contribution in [3.63, 3.8) is 0 Å². The van der Waals surface area contributed by atoms with Crippen molar-refractivity contribution in [2.45, 2.75) is 264 Å². The Kier molecular flexibility index (Phi) is 26.7. The predicted molar refractivity (Wildman–Crippen MR) is 439 cm³/mol. The Morgan fingerprint density at radius 1 is 0.626 bits per heavy atom. The Balaban J connectivity index is 0.000000185. The van der Waals surface area contributed by atoms with Crippen molar-refractivity contribution < 1.29 is 82.7 Å². The molecule has 2 spiro atoms. The van der Waals surface area contributed by atoms with Crippen LogP contribution in [0.25, 0.3) is 21.8 Å². The summed E-state index contributed by atoms with van der Waals surface area (Å²) in [6.45, 7) is 31.5. The number of esters is 1. The molecule has 4 aliphatic heterocycles. The monoisotopic (exact) mass is 1640 g/mol. The lowest BCUT2D eigenvalue weighted by atomic mass is 9.87. The lowest BCUT2D eigenvalue weighted by Gasteiger charge is -2.36. The quantitative estimate of drug-likeness (QED) is 0.0117. The van der Waals surface area contributed by atoms with Crippen LogP contribution < -0.4 is 30.0 Å². The van der Waals surface area contributed by atoms with Gasteiger partial charge < -0.3 is 40.2 Å². The highest BCUT2D eigenvalue weighted by molar-refractivity contribution is 7.92. The molecule has 5 amide bonds. The largest absolute Gasteiger partial charge is 0.483 e. The van der Waals surface area contributed by atoms with Crippen LogP contribution in [0.4, 0.5) is 0 Å². The van der Waals surface area contributed by atoms with Gasteiger partial charge in [0.1, 0.15) is 51.5 Å². The second-order valence-corrected chi connectivity index (χ2v) is 40.0. The van der Waals surface area contributed by atoms with Crippen molar-refractivity contribution in [2.75, 3.05) is 13.1 Å². The fourth-order valence-electron chi connectivity index (χ4n) is 15.9. The molecule has 4 aliphatic carbocycles. The molecule has 8 aliphatic rings. The van der Waals surface area contributed by atoms with E-state index in [0.717, 1.165) is 101 Å². The van der Waals surface area contributed by atoms with E-state index < -0.39 is 121 Å². The van der Waals surface area contributed by atoms with Crippen molar-refractivity contribution in [1.82, 2.24) is 34.5 Å². The third-order valence-electron chi connectivity index (χ3n) is 23.9. The maximum atomic E-state index is 14.3. The van der Waals surface area contributed by atoms with Crippen LogP contribution in [0.5, 0.6) is 11.5 Å². The summed E-state index contributed by atoms with van der Waals surface area (Å²) < 4.78 is 101. The first kappa shape index (κ1) is 88.5. The number of aliphatic carboxylic acids is 1. The minimum atomic E-state index is -4.02. The van der Waals surface area contributed by atoms with E-state index in [1.54, 1.807) is 63.8 Å². The first-order chi connectivity index (χ1) is 54.0. The van der Waals surface area contributed by atoms with Gasteiger partial charge in [0, 0.05) is 58.4 Å². The molecule has 624 valence electrons. The smallest absolute Gasteiger partial charge is 0.326 e. The van der Waals surface area contributed by atoms with Gasteiger partial charge in [-0.05, 0) is 182 Å². The van der Waals surface area contributed by atoms with Gasteiger partial charge in [0.2, 0.25) is 37.8 Å². The van der Waals surface area contributed by atoms with Gasteiger partial charge in [-0.25, -0.2) is 31.6 Å². The normalized spacial score (nSPS) is 24.8. The number of unbranched alkanes of at least 4 members (excludes halogenated alkanes) is 6. The number of ether oxygens (including phenoxy) is 3. The number of aryl methyl sites for hydroxylation is 5. The topological polar surface area (TPSA) is 384 Å². The number of carboxylic acid groups (broad SMARTS) is 1. The van der Waals surface area contributed by atoms with Gasteiger partial charge in [-0.15, -0.1) is 26.3 Å². The number of nitrogens with one attached hydrogen (secondary N) is 3. The summed E-state index contributed by atoms with van der Waals surface area (Å²) in [6, 6.07) is 20.0. The number of benzene rings is 3. The van der Waals surface area contributed by atoms with E-state index in [2.05, 4.69) is 41.1 Å². The van der Waals surface area contributed by atoms with E-state index in [0.29, 0.717) is 82.1 Å². The fraction of sp³-hybridized carbons (Fsp3) is 0.547. The number of carboxylic acids is 1. The molecule has 0 unspecified atom stereocenters. The fourth-order valence-corrected chi connectivity index (χ4v) is 19.0.